The summed E-state index contributed by atoms with van der Waals surface area (Å²) in [7, 11) is 0. The van der Waals surface area contributed by atoms with E-state index in [1.165, 1.54) is 42.1 Å². The van der Waals surface area contributed by atoms with Crippen LogP contribution in [0.2, 0.25) is 0 Å². The molecule has 28 heavy (non-hydrogen) atoms. The Morgan fingerprint density at radius 1 is 1.18 bits per heavy atom. The lowest BCUT2D eigenvalue weighted by molar-refractivity contribution is 0.604. The summed E-state index contributed by atoms with van der Waals surface area (Å²) in [5.41, 5.74) is 1.60. The Bertz CT molecular complexity index is 839. The van der Waals surface area contributed by atoms with Gasteiger partial charge in [0.25, 0.3) is 0 Å². The highest BCUT2D eigenvalue weighted by atomic mass is 79.9. The number of nitrogens with one attached hydrogen (secondary N) is 2. The van der Waals surface area contributed by atoms with Crippen LogP contribution in [-0.2, 0) is 24.9 Å². The van der Waals surface area contributed by atoms with Gasteiger partial charge in [-0.1, -0.05) is 40.5 Å². The first-order chi connectivity index (χ1) is 13.7. The molecule has 0 radical (unpaired) electrons. The zero-order valence-electron chi connectivity index (χ0n) is 16.5. The van der Waals surface area contributed by atoms with Crippen LogP contribution in [0, 0.1) is 0 Å². The number of rotatable bonds is 6. The van der Waals surface area contributed by atoms with Crippen molar-refractivity contribution < 1.29 is 0 Å². The molecule has 0 saturated heterocycles. The molecule has 2 heterocycles. The first-order valence-electron chi connectivity index (χ1n) is 10.4. The number of aliphatic imine (C=N–C) groups is 1. The van der Waals surface area contributed by atoms with E-state index in [2.05, 4.69) is 72.5 Å². The predicted molar refractivity (Wildman–Crippen MR) is 115 cm³/mol. The van der Waals surface area contributed by atoms with Gasteiger partial charge in [0.1, 0.15) is 12.4 Å². The fourth-order valence-corrected chi connectivity index (χ4v) is 4.70. The van der Waals surface area contributed by atoms with Crippen molar-refractivity contribution in [1.82, 2.24) is 25.4 Å². The quantitative estimate of drug-likeness (QED) is 0.527. The molecule has 1 aliphatic carbocycles. The smallest absolute Gasteiger partial charge is 0.191 e. The molecule has 0 spiro atoms. The summed E-state index contributed by atoms with van der Waals surface area (Å²) in [4.78, 5) is 4.80. The van der Waals surface area contributed by atoms with Crippen molar-refractivity contribution in [2.75, 3.05) is 13.1 Å². The summed E-state index contributed by atoms with van der Waals surface area (Å²) in [6.07, 6.45) is 7.13. The number of aryl methyl sites for hydroxylation is 1. The van der Waals surface area contributed by atoms with E-state index in [4.69, 9.17) is 4.99 Å². The van der Waals surface area contributed by atoms with E-state index in [0.29, 0.717) is 6.54 Å². The van der Waals surface area contributed by atoms with Gasteiger partial charge in [-0.05, 0) is 44.2 Å². The molecule has 7 heteroatoms. The largest absolute Gasteiger partial charge is 0.357 e. The third kappa shape index (κ3) is 4.24. The van der Waals surface area contributed by atoms with Crippen LogP contribution in [-0.4, -0.2) is 33.8 Å². The number of hydrogen-bond acceptors (Lipinski definition) is 3. The third-order valence-corrected chi connectivity index (χ3v) is 6.49. The average Bonchev–Trinajstić information content (AvgIpc) is 3.45. The van der Waals surface area contributed by atoms with E-state index >= 15 is 0 Å². The predicted octanol–water partition coefficient (Wildman–Crippen LogP) is 3.55. The fourth-order valence-electron chi connectivity index (χ4n) is 3.99. The van der Waals surface area contributed by atoms with Gasteiger partial charge in [-0.2, -0.15) is 0 Å². The maximum absolute atomic E-state index is 4.80. The van der Waals surface area contributed by atoms with Crippen molar-refractivity contribution >= 4 is 21.9 Å². The van der Waals surface area contributed by atoms with Gasteiger partial charge in [-0.15, -0.1) is 10.2 Å². The van der Waals surface area contributed by atoms with Gasteiger partial charge < -0.3 is 15.2 Å². The highest BCUT2D eigenvalue weighted by molar-refractivity contribution is 9.10. The van der Waals surface area contributed by atoms with Crippen LogP contribution < -0.4 is 10.6 Å². The molecule has 4 rings (SSSR count). The van der Waals surface area contributed by atoms with Crippen LogP contribution in [0.15, 0.2) is 33.7 Å². The topological polar surface area (TPSA) is 67.1 Å². The third-order valence-electron chi connectivity index (χ3n) is 5.80. The van der Waals surface area contributed by atoms with Gasteiger partial charge in [0.15, 0.2) is 11.8 Å². The van der Waals surface area contributed by atoms with E-state index in [9.17, 15) is 0 Å². The van der Waals surface area contributed by atoms with Crippen LogP contribution in [0.5, 0.6) is 0 Å². The fraction of sp³-hybridized carbons (Fsp3) is 0.571. The van der Waals surface area contributed by atoms with Crippen molar-refractivity contribution in [1.29, 1.82) is 0 Å². The molecule has 0 bridgehead atoms. The first kappa shape index (κ1) is 19.4. The molecule has 1 fully saturated rings. The van der Waals surface area contributed by atoms with Crippen LogP contribution >= 0.6 is 15.9 Å². The maximum Gasteiger partial charge on any atom is 0.191 e. The van der Waals surface area contributed by atoms with Crippen LogP contribution in [0.1, 0.15) is 56.2 Å². The lowest BCUT2D eigenvalue weighted by Gasteiger charge is -2.20. The Morgan fingerprint density at radius 3 is 2.82 bits per heavy atom. The van der Waals surface area contributed by atoms with E-state index in [-0.39, 0.29) is 5.41 Å². The molecule has 150 valence electrons. The van der Waals surface area contributed by atoms with Crippen molar-refractivity contribution in [3.63, 3.8) is 0 Å². The zero-order valence-corrected chi connectivity index (χ0v) is 18.1. The van der Waals surface area contributed by atoms with Crippen molar-refractivity contribution in [3.05, 3.63) is 46.0 Å². The number of guanidine groups is 1. The molecular weight excluding hydrogens is 416 g/mol. The van der Waals surface area contributed by atoms with E-state index in [1.54, 1.807) is 0 Å². The van der Waals surface area contributed by atoms with Crippen molar-refractivity contribution in [2.24, 2.45) is 4.99 Å². The summed E-state index contributed by atoms with van der Waals surface area (Å²) in [5, 5.41) is 15.7. The molecule has 2 aliphatic rings. The van der Waals surface area contributed by atoms with Gasteiger partial charge >= 0.3 is 0 Å². The second-order valence-corrected chi connectivity index (χ2v) is 8.66. The summed E-state index contributed by atoms with van der Waals surface area (Å²) in [6, 6.07) is 8.56. The number of nitrogens with zero attached hydrogens (tertiary/aromatic N) is 4. The first-order valence-corrected chi connectivity index (χ1v) is 11.2. The summed E-state index contributed by atoms with van der Waals surface area (Å²) in [5.74, 6) is 2.94. The van der Waals surface area contributed by atoms with Gasteiger partial charge in [-0.25, -0.2) is 4.99 Å². The van der Waals surface area contributed by atoms with Crippen LogP contribution in [0.4, 0.5) is 0 Å². The highest BCUT2D eigenvalue weighted by Crippen LogP contribution is 2.49. The number of aromatic nitrogens is 3. The van der Waals surface area contributed by atoms with Crippen molar-refractivity contribution in [3.8, 4) is 0 Å². The molecule has 0 atom stereocenters. The van der Waals surface area contributed by atoms with Crippen molar-refractivity contribution in [2.45, 2.75) is 64.0 Å². The molecule has 1 aliphatic heterocycles. The molecule has 0 unspecified atom stereocenters. The molecule has 1 aromatic carbocycles. The number of halogens is 1. The Morgan fingerprint density at radius 2 is 2.04 bits per heavy atom. The lowest BCUT2D eigenvalue weighted by atomic mass is 9.96. The molecule has 6 nitrogen and oxygen atoms in total. The zero-order chi connectivity index (χ0) is 19.4. The van der Waals surface area contributed by atoms with E-state index in [0.717, 1.165) is 43.7 Å². The second kappa shape index (κ2) is 8.64. The minimum Gasteiger partial charge on any atom is -0.357 e. The normalized spacial score (nSPS) is 18.3. The Balaban J connectivity index is 1.43. The number of fused-ring (bicyclic) bond motifs is 1. The Kier molecular flexibility index (Phi) is 5.99. The Labute approximate surface area is 175 Å². The molecular formula is C21H29BrN6. The van der Waals surface area contributed by atoms with Gasteiger partial charge in [0.2, 0.25) is 0 Å². The maximum atomic E-state index is 4.80. The molecule has 1 aromatic heterocycles. The Hall–Kier alpha value is -1.89. The molecule has 2 N–H and O–H groups in total. The highest BCUT2D eigenvalue weighted by Gasteiger charge is 2.45. The summed E-state index contributed by atoms with van der Waals surface area (Å²) in [6.45, 7) is 5.40. The molecule has 1 saturated carbocycles. The van der Waals surface area contributed by atoms with E-state index < -0.39 is 0 Å². The second-order valence-electron chi connectivity index (χ2n) is 7.80. The van der Waals surface area contributed by atoms with Gasteiger partial charge in [-0.3, -0.25) is 0 Å². The number of benzene rings is 1. The standard InChI is InChI=1S/C21H29BrN6/c1-2-23-20(24-14-19-27-26-18-10-4-3-7-13-28(18)19)25-15-21(11-12-21)16-8-5-6-9-17(16)22/h5-6,8-9H,2-4,7,10-15H2,1H3,(H2,23,24,25). The minimum atomic E-state index is 0.211. The minimum absolute atomic E-state index is 0.211. The monoisotopic (exact) mass is 444 g/mol. The van der Waals surface area contributed by atoms with Gasteiger partial charge in [0, 0.05) is 35.9 Å². The van der Waals surface area contributed by atoms with Crippen LogP contribution in [0.3, 0.4) is 0 Å². The average molecular weight is 445 g/mol. The summed E-state index contributed by atoms with van der Waals surface area (Å²) >= 11 is 3.72. The lowest BCUT2D eigenvalue weighted by Crippen LogP contribution is -2.41. The SMILES string of the molecule is CCNC(=NCc1nnc2n1CCCCC2)NCC1(c2ccccc2Br)CC1. The number of hydrogen-bond donors (Lipinski definition) is 2. The molecule has 0 amide bonds. The van der Waals surface area contributed by atoms with Crippen LogP contribution in [0.25, 0.3) is 0 Å². The van der Waals surface area contributed by atoms with E-state index in [1.807, 2.05) is 0 Å². The van der Waals surface area contributed by atoms with Gasteiger partial charge in [0.05, 0.1) is 0 Å². The summed E-state index contributed by atoms with van der Waals surface area (Å²) < 4.78 is 3.46. The molecule has 2 aromatic rings.